The van der Waals surface area contributed by atoms with Crippen molar-refractivity contribution >= 4 is 11.6 Å². The highest BCUT2D eigenvalue weighted by molar-refractivity contribution is 6.04. The van der Waals surface area contributed by atoms with Crippen molar-refractivity contribution in [2.24, 2.45) is 5.10 Å². The molecule has 3 rings (SSSR count). The van der Waals surface area contributed by atoms with E-state index in [0.717, 1.165) is 24.1 Å². The number of hydrazone groups is 1. The summed E-state index contributed by atoms with van der Waals surface area (Å²) < 4.78 is 5.37. The molecule has 0 fully saturated rings. The molecule has 1 aliphatic carbocycles. The van der Waals surface area contributed by atoms with Crippen LogP contribution in [0.3, 0.4) is 0 Å². The van der Waals surface area contributed by atoms with Crippen LogP contribution in [0.2, 0.25) is 0 Å². The predicted molar refractivity (Wildman–Crippen MR) is 86.1 cm³/mol. The van der Waals surface area contributed by atoms with Gasteiger partial charge in [-0.05, 0) is 30.5 Å². The van der Waals surface area contributed by atoms with E-state index in [1.807, 2.05) is 24.3 Å². The molecule has 0 unspecified atom stereocenters. The molecule has 0 saturated heterocycles. The SMILES string of the molecule is N#Cc1ccccc1OCC(=O)N/N=C1\CCc2ccccc21. The van der Waals surface area contributed by atoms with Gasteiger partial charge in [0.1, 0.15) is 11.8 Å². The van der Waals surface area contributed by atoms with Gasteiger partial charge >= 0.3 is 0 Å². The minimum atomic E-state index is -0.352. The number of nitrogens with zero attached hydrogens (tertiary/aromatic N) is 2. The van der Waals surface area contributed by atoms with Gasteiger partial charge in [-0.15, -0.1) is 0 Å². The minimum Gasteiger partial charge on any atom is -0.482 e. The van der Waals surface area contributed by atoms with Crippen molar-refractivity contribution in [3.05, 3.63) is 65.2 Å². The fourth-order valence-corrected chi connectivity index (χ4v) is 2.51. The number of carbonyl (C=O) groups is 1. The van der Waals surface area contributed by atoms with E-state index in [0.29, 0.717) is 11.3 Å². The molecule has 2 aromatic carbocycles. The fraction of sp³-hybridized carbons (Fsp3) is 0.167. The predicted octanol–water partition coefficient (Wildman–Crippen LogP) is 2.40. The second kappa shape index (κ2) is 6.75. The summed E-state index contributed by atoms with van der Waals surface area (Å²) in [6.45, 7) is -0.183. The highest BCUT2D eigenvalue weighted by Crippen LogP contribution is 2.21. The number of hydrogen-bond donors (Lipinski definition) is 1. The molecule has 1 aliphatic rings. The number of para-hydroxylation sites is 1. The molecule has 0 radical (unpaired) electrons. The largest absolute Gasteiger partial charge is 0.482 e. The molecule has 114 valence electrons. The van der Waals surface area contributed by atoms with Gasteiger partial charge < -0.3 is 4.74 Å². The van der Waals surface area contributed by atoms with Crippen molar-refractivity contribution in [2.45, 2.75) is 12.8 Å². The molecule has 0 heterocycles. The van der Waals surface area contributed by atoms with Crippen molar-refractivity contribution in [1.29, 1.82) is 5.26 Å². The lowest BCUT2D eigenvalue weighted by Gasteiger charge is -2.07. The number of hydrogen-bond acceptors (Lipinski definition) is 4. The molecule has 0 spiro atoms. The lowest BCUT2D eigenvalue weighted by atomic mass is 10.1. The van der Waals surface area contributed by atoms with Crippen LogP contribution >= 0.6 is 0 Å². The highest BCUT2D eigenvalue weighted by atomic mass is 16.5. The Bertz CT molecular complexity index is 806. The van der Waals surface area contributed by atoms with Crippen LogP contribution in [-0.4, -0.2) is 18.2 Å². The second-order valence-corrected chi connectivity index (χ2v) is 5.15. The zero-order valence-corrected chi connectivity index (χ0v) is 12.5. The number of benzene rings is 2. The third-order valence-electron chi connectivity index (χ3n) is 3.64. The molecule has 2 aromatic rings. The van der Waals surface area contributed by atoms with E-state index < -0.39 is 0 Å². The van der Waals surface area contributed by atoms with Crippen LogP contribution in [0.25, 0.3) is 0 Å². The van der Waals surface area contributed by atoms with E-state index >= 15 is 0 Å². The standard InChI is InChI=1S/C18H15N3O2/c19-11-14-6-2-4-8-17(14)23-12-18(22)21-20-16-10-9-13-5-1-3-7-15(13)16/h1-8H,9-10,12H2,(H,21,22)/b20-16+. The first-order chi connectivity index (χ1) is 11.3. The van der Waals surface area contributed by atoms with Crippen molar-refractivity contribution in [2.75, 3.05) is 6.61 Å². The van der Waals surface area contributed by atoms with Gasteiger partial charge in [-0.3, -0.25) is 4.79 Å². The number of ether oxygens (including phenoxy) is 1. The van der Waals surface area contributed by atoms with Crippen LogP contribution in [0.15, 0.2) is 53.6 Å². The van der Waals surface area contributed by atoms with Crippen LogP contribution in [0.5, 0.6) is 5.75 Å². The van der Waals surface area contributed by atoms with Gasteiger partial charge in [0.15, 0.2) is 6.61 Å². The Balaban J connectivity index is 1.59. The summed E-state index contributed by atoms with van der Waals surface area (Å²) in [5.41, 5.74) is 6.13. The van der Waals surface area contributed by atoms with Gasteiger partial charge in [0.25, 0.3) is 5.91 Å². The molecule has 0 bridgehead atoms. The molecule has 5 nitrogen and oxygen atoms in total. The summed E-state index contributed by atoms with van der Waals surface area (Å²) in [4.78, 5) is 11.9. The van der Waals surface area contributed by atoms with Crippen LogP contribution in [0.1, 0.15) is 23.1 Å². The molecular weight excluding hydrogens is 290 g/mol. The normalized spacial score (nSPS) is 14.1. The third kappa shape index (κ3) is 3.38. The first-order valence-corrected chi connectivity index (χ1v) is 7.33. The van der Waals surface area contributed by atoms with Gasteiger partial charge in [-0.2, -0.15) is 10.4 Å². The van der Waals surface area contributed by atoms with Gasteiger partial charge in [-0.1, -0.05) is 36.4 Å². The summed E-state index contributed by atoms with van der Waals surface area (Å²) in [5.74, 6) is 0.0404. The first-order valence-electron chi connectivity index (χ1n) is 7.33. The monoisotopic (exact) mass is 305 g/mol. The lowest BCUT2D eigenvalue weighted by Crippen LogP contribution is -2.25. The first kappa shape index (κ1) is 14.8. The Kier molecular flexibility index (Phi) is 4.34. The molecule has 23 heavy (non-hydrogen) atoms. The number of fused-ring (bicyclic) bond motifs is 1. The molecule has 1 N–H and O–H groups in total. The number of carbonyl (C=O) groups excluding carboxylic acids is 1. The Morgan fingerprint density at radius 2 is 1.96 bits per heavy atom. The molecule has 1 amide bonds. The van der Waals surface area contributed by atoms with Crippen LogP contribution < -0.4 is 10.2 Å². The maximum atomic E-state index is 11.9. The van der Waals surface area contributed by atoms with E-state index in [1.54, 1.807) is 24.3 Å². The van der Waals surface area contributed by atoms with Gasteiger partial charge in [0.05, 0.1) is 11.3 Å². The number of amides is 1. The third-order valence-corrected chi connectivity index (χ3v) is 3.64. The average Bonchev–Trinajstić information content (AvgIpc) is 3.01. The number of rotatable bonds is 4. The fourth-order valence-electron chi connectivity index (χ4n) is 2.51. The molecule has 0 atom stereocenters. The highest BCUT2D eigenvalue weighted by Gasteiger charge is 2.17. The summed E-state index contributed by atoms with van der Waals surface area (Å²) in [6.07, 6.45) is 1.76. The van der Waals surface area contributed by atoms with Crippen molar-refractivity contribution in [3.63, 3.8) is 0 Å². The summed E-state index contributed by atoms with van der Waals surface area (Å²) in [7, 11) is 0. The van der Waals surface area contributed by atoms with E-state index in [9.17, 15) is 4.79 Å². The maximum Gasteiger partial charge on any atom is 0.277 e. The smallest absolute Gasteiger partial charge is 0.277 e. The molecule has 5 heteroatoms. The van der Waals surface area contributed by atoms with E-state index in [-0.39, 0.29) is 12.5 Å². The lowest BCUT2D eigenvalue weighted by molar-refractivity contribution is -0.123. The molecule has 0 aromatic heterocycles. The van der Waals surface area contributed by atoms with Crippen LogP contribution in [-0.2, 0) is 11.2 Å². The summed E-state index contributed by atoms with van der Waals surface area (Å²) >= 11 is 0. The van der Waals surface area contributed by atoms with E-state index in [2.05, 4.69) is 16.6 Å². The van der Waals surface area contributed by atoms with Gasteiger partial charge in [0, 0.05) is 5.56 Å². The zero-order chi connectivity index (χ0) is 16.1. The van der Waals surface area contributed by atoms with E-state index in [1.165, 1.54) is 5.56 Å². The minimum absolute atomic E-state index is 0.183. The Labute approximate surface area is 134 Å². The number of aryl methyl sites for hydroxylation is 1. The van der Waals surface area contributed by atoms with Crippen molar-refractivity contribution in [3.8, 4) is 11.8 Å². The number of nitrogens with one attached hydrogen (secondary N) is 1. The Morgan fingerprint density at radius 3 is 2.83 bits per heavy atom. The van der Waals surface area contributed by atoms with Crippen LogP contribution in [0, 0.1) is 11.3 Å². The summed E-state index contributed by atoms with van der Waals surface area (Å²) in [5, 5.41) is 13.2. The van der Waals surface area contributed by atoms with Crippen LogP contribution in [0.4, 0.5) is 0 Å². The quantitative estimate of drug-likeness (QED) is 0.881. The molecular formula is C18H15N3O2. The van der Waals surface area contributed by atoms with Gasteiger partial charge in [-0.25, -0.2) is 5.43 Å². The van der Waals surface area contributed by atoms with Gasteiger partial charge in [0.2, 0.25) is 0 Å². The summed E-state index contributed by atoms with van der Waals surface area (Å²) in [6, 6.07) is 16.9. The van der Waals surface area contributed by atoms with Crippen molar-refractivity contribution < 1.29 is 9.53 Å². The molecule has 0 aliphatic heterocycles. The van der Waals surface area contributed by atoms with E-state index in [4.69, 9.17) is 10.00 Å². The van der Waals surface area contributed by atoms with Crippen molar-refractivity contribution in [1.82, 2.24) is 5.43 Å². The Hall–Kier alpha value is -3.13. The second-order valence-electron chi connectivity index (χ2n) is 5.15. The number of nitriles is 1. The Morgan fingerprint density at radius 1 is 1.17 bits per heavy atom. The average molecular weight is 305 g/mol. The topological polar surface area (TPSA) is 74.5 Å². The molecule has 0 saturated carbocycles. The zero-order valence-electron chi connectivity index (χ0n) is 12.5. The maximum absolute atomic E-state index is 11.9.